The molecule has 0 spiro atoms. The minimum Gasteiger partial charge on any atom is -0.486 e. The van der Waals surface area contributed by atoms with Crippen LogP contribution in [-0.4, -0.2) is 42.5 Å². The molecule has 0 radical (unpaired) electrons. The molecule has 6 nitrogen and oxygen atoms in total. The summed E-state index contributed by atoms with van der Waals surface area (Å²) in [6.45, 7) is 1.53. The summed E-state index contributed by atoms with van der Waals surface area (Å²) in [5, 5.41) is 11.2. The molecular weight excluding hydrogens is 306 g/mol. The van der Waals surface area contributed by atoms with Crippen LogP contribution >= 0.6 is 11.8 Å². The van der Waals surface area contributed by atoms with Crippen LogP contribution < -0.4 is 14.8 Å². The van der Waals surface area contributed by atoms with Crippen molar-refractivity contribution in [2.45, 2.75) is 24.2 Å². The Morgan fingerprint density at radius 2 is 1.95 bits per heavy atom. The maximum absolute atomic E-state index is 11.6. The number of amides is 1. The fraction of sp³-hybridized carbons (Fsp3) is 0.467. The number of benzene rings is 1. The number of thioether (sulfide) groups is 1. The molecule has 1 aromatic carbocycles. The first-order valence-corrected chi connectivity index (χ1v) is 8.14. The molecular formula is C15H19NO5S. The molecule has 7 heteroatoms. The molecule has 0 aliphatic carbocycles. The smallest absolute Gasteiger partial charge is 0.303 e. The van der Waals surface area contributed by atoms with Gasteiger partial charge < -0.3 is 19.9 Å². The van der Waals surface area contributed by atoms with Gasteiger partial charge in [0.2, 0.25) is 5.91 Å². The minimum atomic E-state index is -0.844. The lowest BCUT2D eigenvalue weighted by Crippen LogP contribution is -2.25. The zero-order valence-electron chi connectivity index (χ0n) is 12.2. The molecule has 0 saturated carbocycles. The van der Waals surface area contributed by atoms with Gasteiger partial charge in [0.25, 0.3) is 0 Å². The maximum Gasteiger partial charge on any atom is 0.303 e. The van der Waals surface area contributed by atoms with E-state index in [1.807, 2.05) is 18.2 Å². The zero-order valence-corrected chi connectivity index (χ0v) is 13.0. The van der Waals surface area contributed by atoms with Crippen molar-refractivity contribution in [2.75, 3.05) is 25.5 Å². The van der Waals surface area contributed by atoms with Gasteiger partial charge in [-0.15, -0.1) is 11.8 Å². The molecule has 1 aliphatic rings. The third-order valence-corrected chi connectivity index (χ3v) is 4.00. The van der Waals surface area contributed by atoms with E-state index in [-0.39, 0.29) is 12.3 Å². The topological polar surface area (TPSA) is 84.9 Å². The van der Waals surface area contributed by atoms with E-state index in [9.17, 15) is 9.59 Å². The van der Waals surface area contributed by atoms with Crippen LogP contribution in [0.4, 0.5) is 0 Å². The number of rotatable bonds is 8. The molecule has 2 N–H and O–H groups in total. The Balaban J connectivity index is 1.65. The SMILES string of the molecule is O=C(O)CCCNC(=O)CCSc1ccc2c(c1)OCCO2. The van der Waals surface area contributed by atoms with E-state index >= 15 is 0 Å². The summed E-state index contributed by atoms with van der Waals surface area (Å²) in [5.41, 5.74) is 0. The Morgan fingerprint density at radius 1 is 1.18 bits per heavy atom. The summed E-state index contributed by atoms with van der Waals surface area (Å²) in [5.74, 6) is 1.25. The fourth-order valence-electron chi connectivity index (χ4n) is 1.93. The normalized spacial score (nSPS) is 12.7. The maximum atomic E-state index is 11.6. The first kappa shape index (κ1) is 16.5. The van der Waals surface area contributed by atoms with Crippen LogP contribution in [-0.2, 0) is 9.59 Å². The van der Waals surface area contributed by atoms with Crippen molar-refractivity contribution in [1.29, 1.82) is 0 Å². The van der Waals surface area contributed by atoms with Gasteiger partial charge in [0.05, 0.1) is 0 Å². The third-order valence-electron chi connectivity index (χ3n) is 3.00. The Labute approximate surface area is 133 Å². The number of carboxylic acids is 1. The van der Waals surface area contributed by atoms with Gasteiger partial charge in [-0.05, 0) is 24.6 Å². The van der Waals surface area contributed by atoms with Crippen molar-refractivity contribution in [3.8, 4) is 11.5 Å². The van der Waals surface area contributed by atoms with E-state index in [0.717, 1.165) is 16.4 Å². The van der Waals surface area contributed by atoms with E-state index in [4.69, 9.17) is 14.6 Å². The van der Waals surface area contributed by atoms with E-state index in [1.54, 1.807) is 11.8 Å². The second-order valence-electron chi connectivity index (χ2n) is 4.75. The number of ether oxygens (including phenoxy) is 2. The number of fused-ring (bicyclic) bond motifs is 1. The van der Waals surface area contributed by atoms with Gasteiger partial charge in [-0.1, -0.05) is 0 Å². The van der Waals surface area contributed by atoms with Crippen molar-refractivity contribution in [3.05, 3.63) is 18.2 Å². The summed E-state index contributed by atoms with van der Waals surface area (Å²) in [4.78, 5) is 23.0. The zero-order chi connectivity index (χ0) is 15.8. The van der Waals surface area contributed by atoms with E-state index in [1.165, 1.54) is 0 Å². The van der Waals surface area contributed by atoms with Gasteiger partial charge in [-0.2, -0.15) is 0 Å². The standard InChI is InChI=1S/C15H19NO5S/c17-14(16-6-1-2-15(18)19)5-9-22-11-3-4-12-13(10-11)21-8-7-20-12/h3-4,10H,1-2,5-9H2,(H,16,17)(H,18,19). The lowest BCUT2D eigenvalue weighted by Gasteiger charge is -2.18. The van der Waals surface area contributed by atoms with Gasteiger partial charge in [0, 0.05) is 30.0 Å². The van der Waals surface area contributed by atoms with Gasteiger partial charge >= 0.3 is 5.97 Å². The Hall–Kier alpha value is -1.89. The molecule has 22 heavy (non-hydrogen) atoms. The van der Waals surface area contributed by atoms with Gasteiger partial charge in [-0.3, -0.25) is 9.59 Å². The van der Waals surface area contributed by atoms with Crippen molar-refractivity contribution in [1.82, 2.24) is 5.32 Å². The fourth-order valence-corrected chi connectivity index (χ4v) is 2.81. The molecule has 120 valence electrons. The molecule has 0 fully saturated rings. The highest BCUT2D eigenvalue weighted by Crippen LogP contribution is 2.34. The molecule has 0 aromatic heterocycles. The molecule has 0 unspecified atom stereocenters. The van der Waals surface area contributed by atoms with Crippen molar-refractivity contribution in [3.63, 3.8) is 0 Å². The summed E-state index contributed by atoms with van der Waals surface area (Å²) in [6, 6.07) is 5.75. The largest absolute Gasteiger partial charge is 0.486 e. The molecule has 1 amide bonds. The predicted octanol–water partition coefficient (Wildman–Crippen LogP) is 1.92. The lowest BCUT2D eigenvalue weighted by atomic mass is 10.3. The van der Waals surface area contributed by atoms with Gasteiger partial charge in [0.1, 0.15) is 13.2 Å². The quantitative estimate of drug-likeness (QED) is 0.561. The van der Waals surface area contributed by atoms with Crippen LogP contribution in [0.3, 0.4) is 0 Å². The van der Waals surface area contributed by atoms with Crippen molar-refractivity contribution in [2.24, 2.45) is 0 Å². The first-order chi connectivity index (χ1) is 10.6. The van der Waals surface area contributed by atoms with E-state index in [0.29, 0.717) is 38.4 Å². The Kier molecular flexibility index (Phi) is 6.39. The summed E-state index contributed by atoms with van der Waals surface area (Å²) in [6.07, 6.45) is 0.925. The Morgan fingerprint density at radius 3 is 2.73 bits per heavy atom. The second-order valence-corrected chi connectivity index (χ2v) is 5.92. The number of carbonyl (C=O) groups excluding carboxylic acids is 1. The number of carboxylic acid groups (broad SMARTS) is 1. The van der Waals surface area contributed by atoms with Crippen LogP contribution in [0.2, 0.25) is 0 Å². The molecule has 0 atom stereocenters. The lowest BCUT2D eigenvalue weighted by molar-refractivity contribution is -0.137. The first-order valence-electron chi connectivity index (χ1n) is 7.16. The van der Waals surface area contributed by atoms with Crippen LogP contribution in [0, 0.1) is 0 Å². The molecule has 1 aromatic rings. The van der Waals surface area contributed by atoms with Crippen molar-refractivity contribution < 1.29 is 24.2 Å². The highest BCUT2D eigenvalue weighted by molar-refractivity contribution is 7.99. The van der Waals surface area contributed by atoms with Gasteiger partial charge in [0.15, 0.2) is 11.5 Å². The number of hydrogen-bond acceptors (Lipinski definition) is 5. The van der Waals surface area contributed by atoms with E-state index < -0.39 is 5.97 Å². The predicted molar refractivity (Wildman–Crippen MR) is 82.7 cm³/mol. The van der Waals surface area contributed by atoms with Crippen LogP contribution in [0.1, 0.15) is 19.3 Å². The van der Waals surface area contributed by atoms with Crippen LogP contribution in [0.5, 0.6) is 11.5 Å². The summed E-state index contributed by atoms with van der Waals surface area (Å²) in [7, 11) is 0. The summed E-state index contributed by atoms with van der Waals surface area (Å²) >= 11 is 1.58. The third kappa shape index (κ3) is 5.48. The average molecular weight is 325 g/mol. The summed E-state index contributed by atoms with van der Waals surface area (Å²) < 4.78 is 11.0. The number of carbonyl (C=O) groups is 2. The molecule has 2 rings (SSSR count). The molecule has 1 aliphatic heterocycles. The van der Waals surface area contributed by atoms with Crippen molar-refractivity contribution >= 4 is 23.6 Å². The van der Waals surface area contributed by atoms with Crippen LogP contribution in [0.15, 0.2) is 23.1 Å². The highest BCUT2D eigenvalue weighted by atomic mass is 32.2. The Bertz CT molecular complexity index is 535. The average Bonchev–Trinajstić information content (AvgIpc) is 2.51. The van der Waals surface area contributed by atoms with Gasteiger partial charge in [-0.25, -0.2) is 0 Å². The number of nitrogens with one attached hydrogen (secondary N) is 1. The highest BCUT2D eigenvalue weighted by Gasteiger charge is 2.12. The molecule has 0 saturated heterocycles. The monoisotopic (exact) mass is 325 g/mol. The second kappa shape index (κ2) is 8.53. The number of aliphatic carboxylic acids is 1. The number of hydrogen-bond donors (Lipinski definition) is 2. The van der Waals surface area contributed by atoms with E-state index in [2.05, 4.69) is 5.32 Å². The molecule has 0 bridgehead atoms. The van der Waals surface area contributed by atoms with Crippen LogP contribution in [0.25, 0.3) is 0 Å². The molecule has 1 heterocycles. The minimum absolute atomic E-state index is 0.0598.